The first-order chi connectivity index (χ1) is 6.70. The van der Waals surface area contributed by atoms with Gasteiger partial charge in [-0.25, -0.2) is 9.78 Å². The second-order valence-corrected chi connectivity index (χ2v) is 4.13. The first-order valence-electron chi connectivity index (χ1n) is 4.33. The number of amides is 2. The van der Waals surface area contributed by atoms with Gasteiger partial charge in [-0.2, -0.15) is 0 Å². The first kappa shape index (κ1) is 9.42. The summed E-state index contributed by atoms with van der Waals surface area (Å²) in [4.78, 5) is 16.6. The number of aliphatic hydroxyl groups is 1. The molecular formula is C8H11N3O2S. The third-order valence-electron chi connectivity index (χ3n) is 2.35. The maximum absolute atomic E-state index is 11.1. The molecule has 14 heavy (non-hydrogen) atoms. The fourth-order valence-electron chi connectivity index (χ4n) is 1.70. The summed E-state index contributed by atoms with van der Waals surface area (Å²) in [7, 11) is 0. The van der Waals surface area contributed by atoms with Gasteiger partial charge in [-0.3, -0.25) is 0 Å². The van der Waals surface area contributed by atoms with E-state index in [2.05, 4.69) is 4.98 Å². The van der Waals surface area contributed by atoms with Gasteiger partial charge >= 0.3 is 6.03 Å². The number of nitrogens with two attached hydrogens (primary N) is 1. The zero-order chi connectivity index (χ0) is 10.1. The standard InChI is InChI=1S/C8H11N3O2S/c9-8(13)11-3-1-5(12)6(11)7-10-2-4-14-7/h2,4-6,12H,1,3H2,(H2,9,13). The predicted octanol–water partition coefficient (Wildman–Crippen LogP) is 0.329. The summed E-state index contributed by atoms with van der Waals surface area (Å²) < 4.78 is 0. The van der Waals surface area contributed by atoms with Gasteiger partial charge in [0.15, 0.2) is 0 Å². The maximum atomic E-state index is 11.1. The van der Waals surface area contributed by atoms with Crippen molar-refractivity contribution < 1.29 is 9.90 Å². The lowest BCUT2D eigenvalue weighted by molar-refractivity contribution is 0.125. The Hall–Kier alpha value is -1.14. The molecule has 2 heterocycles. The smallest absolute Gasteiger partial charge is 0.315 e. The van der Waals surface area contributed by atoms with Crippen LogP contribution in [0.1, 0.15) is 17.5 Å². The van der Waals surface area contributed by atoms with Crippen molar-refractivity contribution in [3.63, 3.8) is 0 Å². The molecule has 2 rings (SSSR count). The van der Waals surface area contributed by atoms with Gasteiger partial charge in [-0.15, -0.1) is 11.3 Å². The molecule has 2 amide bonds. The predicted molar refractivity (Wildman–Crippen MR) is 51.8 cm³/mol. The maximum Gasteiger partial charge on any atom is 0.315 e. The van der Waals surface area contributed by atoms with Crippen LogP contribution in [0.15, 0.2) is 11.6 Å². The average molecular weight is 213 g/mol. The quantitative estimate of drug-likeness (QED) is 0.705. The number of primary amides is 1. The molecule has 0 aromatic carbocycles. The second-order valence-electron chi connectivity index (χ2n) is 3.20. The molecule has 3 N–H and O–H groups in total. The van der Waals surface area contributed by atoms with Crippen LogP contribution in [0.5, 0.6) is 0 Å². The van der Waals surface area contributed by atoms with Gasteiger partial charge < -0.3 is 15.7 Å². The minimum absolute atomic E-state index is 0.354. The van der Waals surface area contributed by atoms with Crippen LogP contribution in [0.2, 0.25) is 0 Å². The molecule has 1 aromatic heterocycles. The Balaban J connectivity index is 2.26. The number of aliphatic hydroxyl groups excluding tert-OH is 1. The Morgan fingerprint density at radius 2 is 2.57 bits per heavy atom. The van der Waals surface area contributed by atoms with Crippen molar-refractivity contribution in [2.75, 3.05) is 6.54 Å². The van der Waals surface area contributed by atoms with Crippen LogP contribution >= 0.6 is 11.3 Å². The summed E-state index contributed by atoms with van der Waals surface area (Å²) in [6.45, 7) is 0.501. The van der Waals surface area contributed by atoms with Crippen molar-refractivity contribution in [1.82, 2.24) is 9.88 Å². The summed E-state index contributed by atoms with van der Waals surface area (Å²) in [5, 5.41) is 12.3. The third-order valence-corrected chi connectivity index (χ3v) is 3.20. The molecular weight excluding hydrogens is 202 g/mol. The average Bonchev–Trinajstić information content (AvgIpc) is 2.71. The molecule has 1 aliphatic heterocycles. The molecule has 0 radical (unpaired) electrons. The highest BCUT2D eigenvalue weighted by Gasteiger charge is 2.37. The minimum Gasteiger partial charge on any atom is -0.390 e. The van der Waals surface area contributed by atoms with Crippen molar-refractivity contribution in [3.05, 3.63) is 16.6 Å². The van der Waals surface area contributed by atoms with Gasteiger partial charge in [0.25, 0.3) is 0 Å². The number of carbonyl (C=O) groups is 1. The van der Waals surface area contributed by atoms with Crippen LogP contribution in [0.4, 0.5) is 4.79 Å². The van der Waals surface area contributed by atoms with E-state index < -0.39 is 12.1 Å². The summed E-state index contributed by atoms with van der Waals surface area (Å²) in [5.41, 5.74) is 5.21. The van der Waals surface area contributed by atoms with E-state index in [0.717, 1.165) is 5.01 Å². The van der Waals surface area contributed by atoms with Gasteiger partial charge in [-0.05, 0) is 6.42 Å². The zero-order valence-electron chi connectivity index (χ0n) is 7.46. The molecule has 0 aliphatic carbocycles. The van der Waals surface area contributed by atoms with E-state index >= 15 is 0 Å². The lowest BCUT2D eigenvalue weighted by atomic mass is 10.2. The number of rotatable bonds is 1. The summed E-state index contributed by atoms with van der Waals surface area (Å²) in [6.07, 6.45) is 1.67. The van der Waals surface area contributed by atoms with E-state index in [-0.39, 0.29) is 6.04 Å². The number of likely N-dealkylation sites (tertiary alicyclic amines) is 1. The third kappa shape index (κ3) is 1.46. The van der Waals surface area contributed by atoms with Gasteiger partial charge in [0.2, 0.25) is 0 Å². The van der Waals surface area contributed by atoms with Crippen molar-refractivity contribution in [1.29, 1.82) is 0 Å². The first-order valence-corrected chi connectivity index (χ1v) is 5.21. The van der Waals surface area contributed by atoms with E-state index in [0.29, 0.717) is 13.0 Å². The van der Waals surface area contributed by atoms with Crippen molar-refractivity contribution in [2.45, 2.75) is 18.6 Å². The number of carbonyl (C=O) groups excluding carboxylic acids is 1. The highest BCUT2D eigenvalue weighted by Crippen LogP contribution is 2.32. The van der Waals surface area contributed by atoms with Crippen molar-refractivity contribution in [2.24, 2.45) is 5.73 Å². The fourth-order valence-corrected chi connectivity index (χ4v) is 2.51. The van der Waals surface area contributed by atoms with Gasteiger partial charge in [-0.1, -0.05) is 0 Å². The number of hydrogen-bond acceptors (Lipinski definition) is 4. The summed E-state index contributed by atoms with van der Waals surface area (Å²) in [5.74, 6) is 0. The van der Waals surface area contributed by atoms with Crippen LogP contribution in [-0.2, 0) is 0 Å². The number of thiazole rings is 1. The van der Waals surface area contributed by atoms with Crippen molar-refractivity contribution >= 4 is 17.4 Å². The molecule has 1 aromatic rings. The van der Waals surface area contributed by atoms with E-state index in [4.69, 9.17) is 5.73 Å². The zero-order valence-corrected chi connectivity index (χ0v) is 8.28. The van der Waals surface area contributed by atoms with Crippen LogP contribution in [0.3, 0.4) is 0 Å². The summed E-state index contributed by atoms with van der Waals surface area (Å²) >= 11 is 1.42. The fraction of sp³-hybridized carbons (Fsp3) is 0.500. The molecule has 1 aliphatic rings. The summed E-state index contributed by atoms with van der Waals surface area (Å²) in [6, 6.07) is -0.853. The van der Waals surface area contributed by atoms with E-state index in [1.165, 1.54) is 16.2 Å². The largest absolute Gasteiger partial charge is 0.390 e. The van der Waals surface area contributed by atoms with Crippen LogP contribution in [0, 0.1) is 0 Å². The highest BCUT2D eigenvalue weighted by molar-refractivity contribution is 7.09. The normalized spacial score (nSPS) is 26.8. The van der Waals surface area contributed by atoms with Gasteiger partial charge in [0.1, 0.15) is 11.0 Å². The second kappa shape index (κ2) is 3.55. The van der Waals surface area contributed by atoms with Gasteiger partial charge in [0.05, 0.1) is 6.10 Å². The number of hydrogen-bond donors (Lipinski definition) is 2. The Labute approximate surface area is 85.2 Å². The molecule has 76 valence electrons. The van der Waals surface area contributed by atoms with Crippen molar-refractivity contribution in [3.8, 4) is 0 Å². The minimum atomic E-state index is -0.548. The molecule has 2 atom stereocenters. The van der Waals surface area contributed by atoms with Gasteiger partial charge in [0, 0.05) is 18.1 Å². The van der Waals surface area contributed by atoms with E-state index in [1.54, 1.807) is 6.20 Å². The lowest BCUT2D eigenvalue weighted by Crippen LogP contribution is -2.37. The molecule has 1 saturated heterocycles. The van der Waals surface area contributed by atoms with E-state index in [9.17, 15) is 9.90 Å². The highest BCUT2D eigenvalue weighted by atomic mass is 32.1. The van der Waals surface area contributed by atoms with E-state index in [1.807, 2.05) is 5.38 Å². The molecule has 6 heteroatoms. The molecule has 1 fully saturated rings. The molecule has 2 unspecified atom stereocenters. The lowest BCUT2D eigenvalue weighted by Gasteiger charge is -2.22. The molecule has 0 saturated carbocycles. The Bertz CT molecular complexity index is 327. The molecule has 0 bridgehead atoms. The topological polar surface area (TPSA) is 79.5 Å². The number of urea groups is 1. The van der Waals surface area contributed by atoms with Crippen LogP contribution in [-0.4, -0.2) is 33.7 Å². The van der Waals surface area contributed by atoms with Crippen LogP contribution in [0.25, 0.3) is 0 Å². The molecule has 5 nitrogen and oxygen atoms in total. The SMILES string of the molecule is NC(=O)N1CCC(O)C1c1nccs1. The monoisotopic (exact) mass is 213 g/mol. The Morgan fingerprint density at radius 1 is 1.79 bits per heavy atom. The number of aromatic nitrogens is 1. The van der Waals surface area contributed by atoms with Crippen LogP contribution < -0.4 is 5.73 Å². The Kier molecular flexibility index (Phi) is 2.39. The number of nitrogens with zero attached hydrogens (tertiary/aromatic N) is 2. The Morgan fingerprint density at radius 3 is 3.14 bits per heavy atom. The molecule has 0 spiro atoms.